The van der Waals surface area contributed by atoms with Crippen LogP contribution in [0.15, 0.2) is 36.9 Å². The maximum atomic E-state index is 12.3. The Morgan fingerprint density at radius 3 is 2.13 bits per heavy atom. The van der Waals surface area contributed by atoms with Crippen LogP contribution in [-0.2, 0) is 46.3 Å². The van der Waals surface area contributed by atoms with Crippen molar-refractivity contribution >= 4 is 18.0 Å². The van der Waals surface area contributed by atoms with Crippen LogP contribution in [0.1, 0.15) is 44.7 Å². The lowest BCUT2D eigenvalue weighted by molar-refractivity contribution is -0.142. The van der Waals surface area contributed by atoms with Gasteiger partial charge in [-0.1, -0.05) is 30.3 Å². The summed E-state index contributed by atoms with van der Waals surface area (Å²) in [6, 6.07) is 7.35. The number of hydrogen-bond acceptors (Lipinski definition) is 8. The number of carboxylic acids is 1. The highest BCUT2D eigenvalue weighted by molar-refractivity contribution is 5.74. The van der Waals surface area contributed by atoms with Gasteiger partial charge in [-0.2, -0.15) is 0 Å². The molecule has 0 aliphatic rings. The smallest absolute Gasteiger partial charge is 0.407 e. The number of carboxylic acid groups (broad SMARTS) is 1. The van der Waals surface area contributed by atoms with Crippen LogP contribution in [0.25, 0.3) is 0 Å². The molecule has 0 aliphatic carbocycles. The van der Waals surface area contributed by atoms with Crippen molar-refractivity contribution in [2.45, 2.75) is 64.4 Å². The Morgan fingerprint density at radius 1 is 1.00 bits per heavy atom. The predicted octanol–water partition coefficient (Wildman–Crippen LogP) is 2.59. The summed E-state index contributed by atoms with van der Waals surface area (Å²) >= 11 is 0. The summed E-state index contributed by atoms with van der Waals surface area (Å²) in [6.07, 6.45) is 1.52. The van der Waals surface area contributed by atoms with E-state index in [9.17, 15) is 14.4 Å². The van der Waals surface area contributed by atoms with Crippen molar-refractivity contribution in [3.63, 3.8) is 0 Å². The first-order chi connectivity index (χ1) is 18.0. The Bertz CT molecular complexity index is 853. The number of nitrogens with two attached hydrogens (primary N) is 1. The zero-order chi connectivity index (χ0) is 28.4. The maximum Gasteiger partial charge on any atom is 0.407 e. The Kier molecular flexibility index (Phi) is 15.9. The molecule has 2 atom stereocenters. The van der Waals surface area contributed by atoms with Crippen molar-refractivity contribution in [1.82, 2.24) is 5.32 Å². The monoisotopic (exact) mass is 538 g/mol. The van der Waals surface area contributed by atoms with Gasteiger partial charge in [-0.15, -0.1) is 6.58 Å². The standard InChI is InChI=1S/C27H42N2O9/c1-5-23(22(10-11-24(28)30)29-26(33)38-27(2,3)4)37-18-21-8-6-20(7-9-21)12-13-34-14-15-35-16-17-36-19-25(31)32/h5-9,22-23H,1,10-19H2,2-4H3,(H2,28,30)(H,29,33)(H,31,32)/t22-,23+/m0/s1. The molecule has 0 aromatic heterocycles. The first-order valence-corrected chi connectivity index (χ1v) is 12.5. The summed E-state index contributed by atoms with van der Waals surface area (Å²) in [6.45, 7) is 11.0. The molecule has 214 valence electrons. The van der Waals surface area contributed by atoms with E-state index in [2.05, 4.69) is 11.9 Å². The molecule has 1 rings (SSSR count). The van der Waals surface area contributed by atoms with Gasteiger partial charge in [0.2, 0.25) is 5.91 Å². The van der Waals surface area contributed by atoms with E-state index in [4.69, 9.17) is 34.5 Å². The molecule has 0 unspecified atom stereocenters. The number of alkyl carbamates (subject to hydrolysis) is 1. The van der Waals surface area contributed by atoms with Crippen molar-refractivity contribution < 1.29 is 43.2 Å². The number of aliphatic carboxylic acids is 1. The van der Waals surface area contributed by atoms with Crippen LogP contribution >= 0.6 is 0 Å². The third-order valence-corrected chi connectivity index (χ3v) is 5.00. The van der Waals surface area contributed by atoms with Crippen molar-refractivity contribution in [1.29, 1.82) is 0 Å². The predicted molar refractivity (Wildman–Crippen MR) is 141 cm³/mol. The van der Waals surface area contributed by atoms with Gasteiger partial charge in [-0.3, -0.25) is 4.79 Å². The van der Waals surface area contributed by atoms with Gasteiger partial charge in [0.15, 0.2) is 0 Å². The Balaban J connectivity index is 2.42. The second-order valence-electron chi connectivity index (χ2n) is 9.51. The zero-order valence-electron chi connectivity index (χ0n) is 22.6. The van der Waals surface area contributed by atoms with Crippen molar-refractivity contribution in [3.05, 3.63) is 48.0 Å². The molecule has 0 fully saturated rings. The minimum absolute atomic E-state index is 0.0816. The average Bonchev–Trinajstić information content (AvgIpc) is 2.83. The van der Waals surface area contributed by atoms with E-state index in [1.807, 2.05) is 24.3 Å². The summed E-state index contributed by atoms with van der Waals surface area (Å²) in [7, 11) is 0. The number of nitrogens with one attached hydrogen (secondary N) is 1. The molecule has 4 N–H and O–H groups in total. The van der Waals surface area contributed by atoms with E-state index in [0.29, 0.717) is 26.4 Å². The van der Waals surface area contributed by atoms with E-state index in [0.717, 1.165) is 17.5 Å². The fourth-order valence-electron chi connectivity index (χ4n) is 3.21. The first-order valence-electron chi connectivity index (χ1n) is 12.5. The number of rotatable bonds is 20. The van der Waals surface area contributed by atoms with Gasteiger partial charge in [0.25, 0.3) is 0 Å². The maximum absolute atomic E-state index is 12.3. The highest BCUT2D eigenvalue weighted by atomic mass is 16.6. The highest BCUT2D eigenvalue weighted by Crippen LogP contribution is 2.14. The minimum atomic E-state index is -1.01. The van der Waals surface area contributed by atoms with Crippen LogP contribution in [0.4, 0.5) is 4.79 Å². The fourth-order valence-corrected chi connectivity index (χ4v) is 3.21. The molecule has 0 heterocycles. The molecule has 0 bridgehead atoms. The van der Waals surface area contributed by atoms with Crippen LogP contribution < -0.4 is 11.1 Å². The summed E-state index contributed by atoms with van der Waals surface area (Å²) in [5.41, 5.74) is 6.67. The minimum Gasteiger partial charge on any atom is -0.480 e. The lowest BCUT2D eigenvalue weighted by Gasteiger charge is -2.27. The molecule has 0 saturated carbocycles. The number of carbonyl (C=O) groups excluding carboxylic acids is 2. The van der Waals surface area contributed by atoms with Crippen LogP contribution in [0.5, 0.6) is 0 Å². The summed E-state index contributed by atoms with van der Waals surface area (Å²) in [5.74, 6) is -1.48. The third-order valence-electron chi connectivity index (χ3n) is 5.00. The Hall–Kier alpha value is -2.99. The van der Waals surface area contributed by atoms with Gasteiger partial charge in [-0.25, -0.2) is 9.59 Å². The molecule has 11 heteroatoms. The van der Waals surface area contributed by atoms with Crippen molar-refractivity contribution in [3.8, 4) is 0 Å². The van der Waals surface area contributed by atoms with Crippen LogP contribution in [0, 0.1) is 0 Å². The average molecular weight is 539 g/mol. The van der Waals surface area contributed by atoms with Gasteiger partial charge in [0, 0.05) is 6.42 Å². The fraction of sp³-hybridized carbons (Fsp3) is 0.593. The third kappa shape index (κ3) is 16.7. The number of ether oxygens (including phenoxy) is 5. The Labute approximate surface area is 224 Å². The molecule has 0 spiro atoms. The molecular formula is C27H42N2O9. The van der Waals surface area contributed by atoms with E-state index in [1.54, 1.807) is 26.8 Å². The molecule has 0 radical (unpaired) electrons. The van der Waals surface area contributed by atoms with Crippen LogP contribution in [0.2, 0.25) is 0 Å². The number of primary amides is 1. The number of hydrogen-bond donors (Lipinski definition) is 3. The number of amides is 2. The molecule has 1 aromatic rings. The van der Waals surface area contributed by atoms with E-state index >= 15 is 0 Å². The SMILES string of the molecule is C=C[C@@H](OCc1ccc(CCOCCOCCOCC(=O)O)cc1)[C@H](CCC(N)=O)NC(=O)OC(C)(C)C. The number of carbonyl (C=O) groups is 3. The second-order valence-corrected chi connectivity index (χ2v) is 9.51. The largest absolute Gasteiger partial charge is 0.480 e. The van der Waals surface area contributed by atoms with E-state index in [1.165, 1.54) is 0 Å². The lowest BCUT2D eigenvalue weighted by atomic mass is 10.0. The quantitative estimate of drug-likeness (QED) is 0.168. The molecule has 11 nitrogen and oxygen atoms in total. The van der Waals surface area contributed by atoms with Gasteiger partial charge >= 0.3 is 12.1 Å². The molecular weight excluding hydrogens is 496 g/mol. The Morgan fingerprint density at radius 2 is 1.58 bits per heavy atom. The molecule has 38 heavy (non-hydrogen) atoms. The zero-order valence-corrected chi connectivity index (χ0v) is 22.6. The topological polar surface area (TPSA) is 156 Å². The van der Waals surface area contributed by atoms with Gasteiger partial charge < -0.3 is 39.8 Å². The second kappa shape index (κ2) is 18.3. The molecule has 0 saturated heterocycles. The van der Waals surface area contributed by atoms with Crippen molar-refractivity contribution in [2.24, 2.45) is 5.73 Å². The summed E-state index contributed by atoms with van der Waals surface area (Å²) in [4.78, 5) is 33.9. The van der Waals surface area contributed by atoms with Crippen LogP contribution in [-0.4, -0.2) is 80.5 Å². The van der Waals surface area contributed by atoms with Crippen molar-refractivity contribution in [2.75, 3.05) is 39.6 Å². The highest BCUT2D eigenvalue weighted by Gasteiger charge is 2.25. The molecule has 0 aliphatic heterocycles. The summed E-state index contributed by atoms with van der Waals surface area (Å²) in [5, 5.41) is 11.2. The van der Waals surface area contributed by atoms with E-state index < -0.39 is 35.7 Å². The van der Waals surface area contributed by atoms with Gasteiger partial charge in [0.05, 0.1) is 51.8 Å². The number of benzene rings is 1. The van der Waals surface area contributed by atoms with Gasteiger partial charge in [-0.05, 0) is 44.7 Å². The molecule has 1 aromatic carbocycles. The summed E-state index contributed by atoms with van der Waals surface area (Å²) < 4.78 is 27.1. The first kappa shape index (κ1) is 33.0. The van der Waals surface area contributed by atoms with E-state index in [-0.39, 0.29) is 32.7 Å². The molecule has 2 amide bonds. The normalized spacial score (nSPS) is 12.9. The van der Waals surface area contributed by atoms with Gasteiger partial charge in [0.1, 0.15) is 12.2 Å². The van der Waals surface area contributed by atoms with Crippen LogP contribution in [0.3, 0.4) is 0 Å². The lowest BCUT2D eigenvalue weighted by Crippen LogP contribution is -2.46.